The van der Waals surface area contributed by atoms with Gasteiger partial charge in [-0.3, -0.25) is 10.1 Å². The first kappa shape index (κ1) is 13.3. The summed E-state index contributed by atoms with van der Waals surface area (Å²) < 4.78 is 1.39. The molecule has 2 atom stereocenters. The second kappa shape index (κ2) is 4.52. The quantitative estimate of drug-likeness (QED) is 0.646. The van der Waals surface area contributed by atoms with Crippen molar-refractivity contribution < 1.29 is 14.8 Å². The molecule has 2 heterocycles. The van der Waals surface area contributed by atoms with Gasteiger partial charge in [0.1, 0.15) is 11.7 Å². The maximum atomic E-state index is 11.4. The maximum Gasteiger partial charge on any atom is 0.333 e. The number of aliphatic carboxylic acids is 1. The number of hydrogen-bond acceptors (Lipinski definition) is 5. The van der Waals surface area contributed by atoms with Crippen LogP contribution in [0.3, 0.4) is 0 Å². The first-order valence-electron chi connectivity index (χ1n) is 6.02. The van der Waals surface area contributed by atoms with E-state index in [1.54, 1.807) is 18.9 Å². The van der Waals surface area contributed by atoms with Crippen LogP contribution < -0.4 is 4.90 Å². The summed E-state index contributed by atoms with van der Waals surface area (Å²) in [6.07, 6.45) is 0.693. The van der Waals surface area contributed by atoms with E-state index in [4.69, 9.17) is 0 Å². The smallest absolute Gasteiger partial charge is 0.333 e. The van der Waals surface area contributed by atoms with Crippen LogP contribution in [-0.2, 0) is 11.8 Å². The first-order chi connectivity index (χ1) is 8.84. The Hall–Kier alpha value is -2.12. The van der Waals surface area contributed by atoms with Crippen LogP contribution >= 0.6 is 0 Å². The van der Waals surface area contributed by atoms with Crippen molar-refractivity contribution in [3.8, 4) is 0 Å². The second-order valence-corrected chi connectivity index (χ2v) is 4.88. The van der Waals surface area contributed by atoms with Crippen LogP contribution in [0, 0.1) is 23.0 Å². The zero-order chi connectivity index (χ0) is 14.3. The van der Waals surface area contributed by atoms with Gasteiger partial charge in [-0.2, -0.15) is 5.10 Å². The van der Waals surface area contributed by atoms with E-state index in [-0.39, 0.29) is 17.4 Å². The molecule has 1 aromatic heterocycles. The van der Waals surface area contributed by atoms with Crippen LogP contribution in [0.5, 0.6) is 0 Å². The molecule has 2 unspecified atom stereocenters. The van der Waals surface area contributed by atoms with Gasteiger partial charge in [-0.25, -0.2) is 9.48 Å². The van der Waals surface area contributed by atoms with Crippen molar-refractivity contribution in [2.75, 3.05) is 11.4 Å². The minimum Gasteiger partial charge on any atom is -0.480 e. The average Bonchev–Trinajstić information content (AvgIpc) is 2.78. The van der Waals surface area contributed by atoms with Crippen LogP contribution in [0.2, 0.25) is 0 Å². The summed E-state index contributed by atoms with van der Waals surface area (Å²) in [6, 6.07) is -0.742. The van der Waals surface area contributed by atoms with Gasteiger partial charge in [0.25, 0.3) is 0 Å². The predicted octanol–water partition coefficient (Wildman–Crippen LogP) is 0.936. The fourth-order valence-corrected chi connectivity index (χ4v) is 2.73. The summed E-state index contributed by atoms with van der Waals surface area (Å²) in [5.74, 6) is -0.732. The molecule has 1 N–H and O–H groups in total. The molecule has 1 fully saturated rings. The van der Waals surface area contributed by atoms with E-state index < -0.39 is 16.9 Å². The number of aryl methyl sites for hydroxylation is 2. The fourth-order valence-electron chi connectivity index (χ4n) is 2.73. The molecule has 0 aliphatic carbocycles. The lowest BCUT2D eigenvalue weighted by atomic mass is 10.0. The molecule has 1 aliphatic heterocycles. The molecule has 0 amide bonds. The Balaban J connectivity index is 2.53. The van der Waals surface area contributed by atoms with Crippen LogP contribution in [0.25, 0.3) is 0 Å². The zero-order valence-electron chi connectivity index (χ0n) is 11.0. The third kappa shape index (κ3) is 2.02. The molecule has 2 rings (SSSR count). The molecular formula is C11H16N4O4. The number of nitrogens with zero attached hydrogens (tertiary/aromatic N) is 4. The Morgan fingerprint density at radius 2 is 2.21 bits per heavy atom. The number of rotatable bonds is 3. The molecule has 0 aromatic carbocycles. The minimum absolute atomic E-state index is 0.0488. The van der Waals surface area contributed by atoms with Gasteiger partial charge >= 0.3 is 11.7 Å². The molecule has 0 spiro atoms. The van der Waals surface area contributed by atoms with Gasteiger partial charge in [0.05, 0.1) is 4.92 Å². The summed E-state index contributed by atoms with van der Waals surface area (Å²) in [6.45, 7) is 3.88. The first-order valence-corrected chi connectivity index (χ1v) is 6.02. The molecule has 0 bridgehead atoms. The summed E-state index contributed by atoms with van der Waals surface area (Å²) in [4.78, 5) is 23.6. The third-order valence-corrected chi connectivity index (χ3v) is 3.57. The highest BCUT2D eigenvalue weighted by atomic mass is 16.6. The number of carboxylic acids is 1. The predicted molar refractivity (Wildman–Crippen MR) is 67.2 cm³/mol. The van der Waals surface area contributed by atoms with Crippen molar-refractivity contribution in [2.45, 2.75) is 26.3 Å². The SMILES string of the molecule is Cc1nn(C)c(N2CCC(C)C2C(=O)O)c1[N+](=O)[O-]. The van der Waals surface area contributed by atoms with E-state index in [9.17, 15) is 20.0 Å². The van der Waals surface area contributed by atoms with E-state index in [0.717, 1.165) is 0 Å². The summed E-state index contributed by atoms with van der Waals surface area (Å²) >= 11 is 0. The normalized spacial score (nSPS) is 22.8. The van der Waals surface area contributed by atoms with Gasteiger partial charge in [0.15, 0.2) is 0 Å². The Kier molecular flexibility index (Phi) is 3.17. The highest BCUT2D eigenvalue weighted by molar-refractivity contribution is 5.80. The van der Waals surface area contributed by atoms with Crippen molar-refractivity contribution >= 4 is 17.5 Å². The standard InChI is InChI=1S/C11H16N4O4/c1-6-4-5-14(8(6)11(16)17)10-9(15(18)19)7(2)12-13(10)3/h6,8H,4-5H2,1-3H3,(H,16,17). The Labute approximate surface area is 109 Å². The number of carboxylic acid groups (broad SMARTS) is 1. The second-order valence-electron chi connectivity index (χ2n) is 4.88. The molecule has 8 heteroatoms. The summed E-state index contributed by atoms with van der Waals surface area (Å²) in [5.41, 5.74) is 0.189. The topological polar surface area (TPSA) is 102 Å². The Morgan fingerprint density at radius 1 is 1.58 bits per heavy atom. The van der Waals surface area contributed by atoms with E-state index in [0.29, 0.717) is 18.7 Å². The van der Waals surface area contributed by atoms with Crippen molar-refractivity contribution in [1.82, 2.24) is 9.78 Å². The molecule has 1 aliphatic rings. The van der Waals surface area contributed by atoms with Crippen molar-refractivity contribution in [3.05, 3.63) is 15.8 Å². The largest absolute Gasteiger partial charge is 0.480 e. The monoisotopic (exact) mass is 268 g/mol. The minimum atomic E-state index is -0.960. The maximum absolute atomic E-state index is 11.4. The van der Waals surface area contributed by atoms with E-state index in [1.165, 1.54) is 4.68 Å². The van der Waals surface area contributed by atoms with Gasteiger partial charge < -0.3 is 10.0 Å². The molecule has 0 saturated carbocycles. The number of carbonyl (C=O) groups is 1. The molecule has 104 valence electrons. The van der Waals surface area contributed by atoms with Gasteiger partial charge in [0, 0.05) is 13.6 Å². The number of nitro groups is 1. The van der Waals surface area contributed by atoms with Crippen LogP contribution in [0.15, 0.2) is 0 Å². The highest BCUT2D eigenvalue weighted by Crippen LogP contribution is 2.37. The van der Waals surface area contributed by atoms with Gasteiger partial charge in [0.2, 0.25) is 5.82 Å². The van der Waals surface area contributed by atoms with E-state index in [1.807, 2.05) is 6.92 Å². The third-order valence-electron chi connectivity index (χ3n) is 3.57. The lowest BCUT2D eigenvalue weighted by Gasteiger charge is -2.24. The molecule has 1 saturated heterocycles. The molecule has 1 aromatic rings. The average molecular weight is 268 g/mol. The van der Waals surface area contributed by atoms with Crippen molar-refractivity contribution in [3.63, 3.8) is 0 Å². The fraction of sp³-hybridized carbons (Fsp3) is 0.636. The van der Waals surface area contributed by atoms with Crippen LogP contribution in [0.4, 0.5) is 11.5 Å². The van der Waals surface area contributed by atoms with E-state index >= 15 is 0 Å². The summed E-state index contributed by atoms with van der Waals surface area (Å²) in [5, 5.41) is 24.5. The summed E-state index contributed by atoms with van der Waals surface area (Å²) in [7, 11) is 1.59. The van der Waals surface area contributed by atoms with E-state index in [2.05, 4.69) is 5.10 Å². The van der Waals surface area contributed by atoms with Crippen molar-refractivity contribution in [2.24, 2.45) is 13.0 Å². The Bertz CT molecular complexity index is 539. The molecular weight excluding hydrogens is 252 g/mol. The number of hydrogen-bond donors (Lipinski definition) is 1. The number of anilines is 1. The Morgan fingerprint density at radius 3 is 2.74 bits per heavy atom. The van der Waals surface area contributed by atoms with Crippen molar-refractivity contribution in [1.29, 1.82) is 0 Å². The molecule has 8 nitrogen and oxygen atoms in total. The van der Waals surface area contributed by atoms with Gasteiger partial charge in [-0.1, -0.05) is 6.92 Å². The van der Waals surface area contributed by atoms with Crippen LogP contribution in [0.1, 0.15) is 19.0 Å². The lowest BCUT2D eigenvalue weighted by molar-refractivity contribution is -0.384. The lowest BCUT2D eigenvalue weighted by Crippen LogP contribution is -2.40. The van der Waals surface area contributed by atoms with Gasteiger partial charge in [-0.05, 0) is 19.3 Å². The number of aromatic nitrogens is 2. The van der Waals surface area contributed by atoms with Gasteiger partial charge in [-0.15, -0.1) is 0 Å². The highest BCUT2D eigenvalue weighted by Gasteiger charge is 2.42. The molecule has 19 heavy (non-hydrogen) atoms. The van der Waals surface area contributed by atoms with Crippen LogP contribution in [-0.4, -0.2) is 38.4 Å². The molecule has 0 radical (unpaired) electrons. The zero-order valence-corrected chi connectivity index (χ0v) is 11.0.